The van der Waals surface area contributed by atoms with Crippen molar-refractivity contribution in [2.45, 2.75) is 12.3 Å². The van der Waals surface area contributed by atoms with Gasteiger partial charge in [-0.3, -0.25) is 9.59 Å². The van der Waals surface area contributed by atoms with Crippen LogP contribution in [-0.4, -0.2) is 41.7 Å². The summed E-state index contributed by atoms with van der Waals surface area (Å²) in [5.74, 6) is -1.53. The molecule has 2 aliphatic rings. The highest BCUT2D eigenvalue weighted by molar-refractivity contribution is 6.15. The van der Waals surface area contributed by atoms with Crippen LogP contribution in [0.1, 0.15) is 39.4 Å². The first kappa shape index (κ1) is 23.0. The molecular weight excluding hydrogens is 468 g/mol. The Kier molecular flexibility index (Phi) is 5.81. The number of Topliss-reactive ketones (excluding diaryl/α,β-unsaturated/α-hetero) is 1. The van der Waals surface area contributed by atoms with Gasteiger partial charge >= 0.3 is 11.9 Å². The Morgan fingerprint density at radius 1 is 1.08 bits per heavy atom. The molecule has 1 atom stereocenters. The number of benzene rings is 3. The number of rotatable bonds is 6. The van der Waals surface area contributed by atoms with E-state index in [4.69, 9.17) is 24.1 Å². The van der Waals surface area contributed by atoms with Gasteiger partial charge in [-0.2, -0.15) is 0 Å². The van der Waals surface area contributed by atoms with Gasteiger partial charge < -0.3 is 29.2 Å². The Morgan fingerprint density at radius 2 is 1.89 bits per heavy atom. The topological polar surface area (TPSA) is 129 Å². The quantitative estimate of drug-likeness (QED) is 0.301. The molecule has 2 heterocycles. The number of aliphatic carboxylic acids is 1. The van der Waals surface area contributed by atoms with E-state index < -0.39 is 24.5 Å². The second-order valence-electron chi connectivity index (χ2n) is 8.18. The third-order valence-electron chi connectivity index (χ3n) is 5.93. The van der Waals surface area contributed by atoms with Crippen molar-refractivity contribution in [2.24, 2.45) is 0 Å². The Hall–Kier alpha value is -4.79. The summed E-state index contributed by atoms with van der Waals surface area (Å²) in [5.41, 5.74) is 1.88. The van der Waals surface area contributed by atoms with Gasteiger partial charge in [-0.25, -0.2) is 4.79 Å². The average Bonchev–Trinajstić information content (AvgIpc) is 3.17. The minimum Gasteiger partial charge on any atom is -0.504 e. The van der Waals surface area contributed by atoms with E-state index in [-0.39, 0.29) is 35.2 Å². The number of para-hydroxylation sites is 1. The Bertz CT molecular complexity index is 1440. The molecule has 0 spiro atoms. The summed E-state index contributed by atoms with van der Waals surface area (Å²) in [6.07, 6.45) is 1.45. The number of ether oxygens (including phenoxy) is 4. The van der Waals surface area contributed by atoms with E-state index in [0.29, 0.717) is 33.8 Å². The van der Waals surface area contributed by atoms with Gasteiger partial charge in [-0.05, 0) is 42.0 Å². The minimum absolute atomic E-state index is 0.0361. The number of carboxylic acids is 1. The zero-order valence-electron chi connectivity index (χ0n) is 19.0. The highest BCUT2D eigenvalue weighted by Crippen LogP contribution is 2.50. The first-order chi connectivity index (χ1) is 17.4. The van der Waals surface area contributed by atoms with Crippen LogP contribution < -0.4 is 18.9 Å². The normalized spacial score (nSPS) is 17.1. The van der Waals surface area contributed by atoms with E-state index in [1.165, 1.54) is 25.3 Å². The molecule has 0 saturated heterocycles. The lowest BCUT2D eigenvalue weighted by Gasteiger charge is -2.27. The molecule has 36 heavy (non-hydrogen) atoms. The number of carbonyl (C=O) groups is 3. The van der Waals surface area contributed by atoms with Crippen LogP contribution >= 0.6 is 0 Å². The lowest BCUT2D eigenvalue weighted by atomic mass is 9.84. The van der Waals surface area contributed by atoms with Crippen molar-refractivity contribution >= 4 is 23.8 Å². The maximum atomic E-state index is 13.2. The fourth-order valence-corrected chi connectivity index (χ4v) is 4.36. The fraction of sp³-hybridized carbons (Fsp3) is 0.148. The van der Waals surface area contributed by atoms with Crippen molar-refractivity contribution in [3.63, 3.8) is 0 Å². The van der Waals surface area contributed by atoms with Gasteiger partial charge in [0, 0.05) is 17.0 Å². The van der Waals surface area contributed by atoms with E-state index in [2.05, 4.69) is 0 Å². The molecule has 3 aromatic rings. The number of hydrogen-bond acceptors (Lipinski definition) is 8. The molecule has 1 unspecified atom stereocenters. The number of carbonyl (C=O) groups excluding carboxylic acids is 2. The number of phenolic OH excluding ortho intramolecular Hbond substituents is 1. The second kappa shape index (κ2) is 9.10. The molecule has 182 valence electrons. The Morgan fingerprint density at radius 3 is 2.64 bits per heavy atom. The van der Waals surface area contributed by atoms with Crippen molar-refractivity contribution in [1.29, 1.82) is 0 Å². The smallest absolute Gasteiger partial charge is 0.341 e. The van der Waals surface area contributed by atoms with Gasteiger partial charge in [-0.1, -0.05) is 24.3 Å². The largest absolute Gasteiger partial charge is 0.504 e. The number of esters is 1. The van der Waals surface area contributed by atoms with Crippen LogP contribution in [0.2, 0.25) is 0 Å². The monoisotopic (exact) mass is 488 g/mol. The van der Waals surface area contributed by atoms with E-state index in [1.807, 2.05) is 0 Å². The van der Waals surface area contributed by atoms with Gasteiger partial charge in [-0.15, -0.1) is 0 Å². The van der Waals surface area contributed by atoms with Crippen LogP contribution in [0, 0.1) is 0 Å². The number of aromatic hydroxyl groups is 1. The molecule has 3 aromatic carbocycles. The predicted molar refractivity (Wildman–Crippen MR) is 126 cm³/mol. The Balaban J connectivity index is 1.57. The zero-order valence-corrected chi connectivity index (χ0v) is 19.0. The lowest BCUT2D eigenvalue weighted by Crippen LogP contribution is -2.22. The molecule has 0 bridgehead atoms. The van der Waals surface area contributed by atoms with Crippen molar-refractivity contribution < 1.29 is 43.5 Å². The van der Waals surface area contributed by atoms with Gasteiger partial charge in [0.25, 0.3) is 0 Å². The van der Waals surface area contributed by atoms with Crippen LogP contribution in [0.25, 0.3) is 6.08 Å². The maximum absolute atomic E-state index is 13.2. The lowest BCUT2D eigenvalue weighted by molar-refractivity contribution is -0.139. The van der Waals surface area contributed by atoms with Crippen LogP contribution in [0.15, 0.2) is 60.4 Å². The van der Waals surface area contributed by atoms with E-state index in [9.17, 15) is 19.5 Å². The molecular formula is C27H20O9. The van der Waals surface area contributed by atoms with Crippen LogP contribution in [0.3, 0.4) is 0 Å². The molecule has 2 N–H and O–H groups in total. The van der Waals surface area contributed by atoms with Crippen molar-refractivity contribution in [3.05, 3.63) is 82.6 Å². The number of ketones is 1. The van der Waals surface area contributed by atoms with Crippen LogP contribution in [-0.2, 0) is 9.59 Å². The summed E-state index contributed by atoms with van der Waals surface area (Å²) in [4.78, 5) is 36.7. The first-order valence-corrected chi connectivity index (χ1v) is 11.0. The van der Waals surface area contributed by atoms with E-state index in [0.717, 1.165) is 0 Å². The summed E-state index contributed by atoms with van der Waals surface area (Å²) in [6, 6.07) is 14.6. The molecule has 0 fully saturated rings. The number of phenols is 1. The molecule has 0 aliphatic carbocycles. The van der Waals surface area contributed by atoms with Gasteiger partial charge in [0.15, 0.2) is 23.9 Å². The molecule has 9 heteroatoms. The first-order valence-electron chi connectivity index (χ1n) is 11.0. The van der Waals surface area contributed by atoms with Gasteiger partial charge in [0.2, 0.25) is 5.78 Å². The zero-order chi connectivity index (χ0) is 25.4. The number of carboxylic acid groups (broad SMARTS) is 1. The third kappa shape index (κ3) is 4.11. The molecule has 5 rings (SSSR count). The van der Waals surface area contributed by atoms with Gasteiger partial charge in [0.1, 0.15) is 17.2 Å². The summed E-state index contributed by atoms with van der Waals surface area (Å²) >= 11 is 0. The molecule has 0 saturated carbocycles. The van der Waals surface area contributed by atoms with Gasteiger partial charge in [0.05, 0.1) is 19.1 Å². The highest BCUT2D eigenvalue weighted by atomic mass is 16.5. The fourth-order valence-electron chi connectivity index (χ4n) is 4.36. The third-order valence-corrected chi connectivity index (χ3v) is 5.93. The van der Waals surface area contributed by atoms with Crippen molar-refractivity contribution in [3.8, 4) is 28.7 Å². The Labute approximate surface area is 205 Å². The second-order valence-corrected chi connectivity index (χ2v) is 8.18. The number of hydrogen-bond donors (Lipinski definition) is 2. The van der Waals surface area contributed by atoms with Crippen LogP contribution in [0.5, 0.6) is 28.7 Å². The number of fused-ring (bicyclic) bond motifs is 3. The summed E-state index contributed by atoms with van der Waals surface area (Å²) in [6.45, 7) is -0.551. The van der Waals surface area contributed by atoms with Crippen molar-refractivity contribution in [1.82, 2.24) is 0 Å². The molecule has 9 nitrogen and oxygen atoms in total. The number of allylic oxidation sites excluding steroid dienone is 1. The SMILES string of the molecule is COc1ccc(/C=C2\Oc3c(ccc4c3C(c3ccccc3OCC(=O)O)CC(=O)O4)C2=O)cc1O. The molecule has 0 radical (unpaired) electrons. The van der Waals surface area contributed by atoms with Crippen molar-refractivity contribution in [2.75, 3.05) is 13.7 Å². The molecule has 2 aliphatic heterocycles. The molecule has 0 amide bonds. The van der Waals surface area contributed by atoms with Crippen LogP contribution in [0.4, 0.5) is 0 Å². The predicted octanol–water partition coefficient (Wildman–Crippen LogP) is 3.92. The van der Waals surface area contributed by atoms with E-state index in [1.54, 1.807) is 42.5 Å². The minimum atomic E-state index is -1.14. The highest BCUT2D eigenvalue weighted by Gasteiger charge is 2.39. The summed E-state index contributed by atoms with van der Waals surface area (Å²) < 4.78 is 22.0. The standard InChI is InChI=1S/C27H20O9/c1-33-20-8-6-14(10-18(20)28)11-22-26(32)16-7-9-21-25(27(16)36-22)17(12-24(31)35-21)15-4-2-3-5-19(15)34-13-23(29)30/h2-11,17,28H,12-13H2,1H3,(H,29,30)/b22-11-. The summed E-state index contributed by atoms with van der Waals surface area (Å²) in [5, 5.41) is 19.1. The summed E-state index contributed by atoms with van der Waals surface area (Å²) in [7, 11) is 1.44. The average molecular weight is 488 g/mol. The maximum Gasteiger partial charge on any atom is 0.341 e. The molecule has 0 aromatic heterocycles. The van der Waals surface area contributed by atoms with E-state index >= 15 is 0 Å². The number of methoxy groups -OCH3 is 1.